The molecular weight excluding hydrogens is 312 g/mol. The second-order valence-electron chi connectivity index (χ2n) is 6.11. The van der Waals surface area contributed by atoms with Crippen LogP contribution in [0, 0.1) is 5.41 Å². The number of alkyl carbamates (subject to hydrolysis) is 1. The Morgan fingerprint density at radius 2 is 2.17 bits per heavy atom. The van der Waals surface area contributed by atoms with Gasteiger partial charge in [-0.25, -0.2) is 4.79 Å². The smallest absolute Gasteiger partial charge is 0.407 e. The van der Waals surface area contributed by atoms with Gasteiger partial charge in [0.25, 0.3) is 5.91 Å². The fourth-order valence-corrected chi connectivity index (χ4v) is 2.97. The van der Waals surface area contributed by atoms with E-state index < -0.39 is 6.09 Å². The lowest BCUT2D eigenvalue weighted by Gasteiger charge is -2.37. The molecule has 0 aromatic carbocycles. The minimum Gasteiger partial charge on any atom is -0.441 e. The van der Waals surface area contributed by atoms with Crippen molar-refractivity contribution >= 4 is 12.0 Å². The van der Waals surface area contributed by atoms with Gasteiger partial charge < -0.3 is 25.2 Å². The van der Waals surface area contributed by atoms with Crippen molar-refractivity contribution < 1.29 is 18.8 Å². The van der Waals surface area contributed by atoms with E-state index in [2.05, 4.69) is 28.0 Å². The maximum absolute atomic E-state index is 11.8. The van der Waals surface area contributed by atoms with Crippen LogP contribution in [-0.4, -0.2) is 43.8 Å². The van der Waals surface area contributed by atoms with Crippen LogP contribution in [0.1, 0.15) is 48.9 Å². The number of ether oxygens (including phenoxy) is 1. The van der Waals surface area contributed by atoms with Gasteiger partial charge in [-0.1, -0.05) is 18.5 Å². The zero-order chi connectivity index (χ0) is 17.4. The SMILES string of the molecule is CCC1(CCNC(=O)OCc2cc(C(=O)NC)no2)CCNCC1. The van der Waals surface area contributed by atoms with Gasteiger partial charge in [0, 0.05) is 19.7 Å². The molecule has 0 spiro atoms. The highest BCUT2D eigenvalue weighted by Crippen LogP contribution is 2.35. The van der Waals surface area contributed by atoms with E-state index in [1.807, 2.05) is 0 Å². The van der Waals surface area contributed by atoms with Crippen LogP contribution < -0.4 is 16.0 Å². The first kappa shape index (κ1) is 18.3. The molecule has 8 nitrogen and oxygen atoms in total. The lowest BCUT2D eigenvalue weighted by molar-refractivity contribution is 0.0952. The Hall–Kier alpha value is -2.09. The van der Waals surface area contributed by atoms with Gasteiger partial charge in [0.15, 0.2) is 18.1 Å². The molecule has 1 aliphatic rings. The summed E-state index contributed by atoms with van der Waals surface area (Å²) in [6, 6.07) is 1.45. The number of hydrogen-bond acceptors (Lipinski definition) is 6. The number of piperidine rings is 1. The van der Waals surface area contributed by atoms with E-state index in [1.165, 1.54) is 13.1 Å². The predicted molar refractivity (Wildman–Crippen MR) is 87.5 cm³/mol. The van der Waals surface area contributed by atoms with Crippen molar-refractivity contribution in [2.24, 2.45) is 5.41 Å². The Kier molecular flexibility index (Phi) is 6.60. The van der Waals surface area contributed by atoms with Gasteiger partial charge in [-0.15, -0.1) is 0 Å². The molecule has 1 saturated heterocycles. The van der Waals surface area contributed by atoms with Crippen molar-refractivity contribution in [3.05, 3.63) is 17.5 Å². The molecule has 134 valence electrons. The molecule has 0 aliphatic carbocycles. The lowest BCUT2D eigenvalue weighted by Crippen LogP contribution is -2.39. The monoisotopic (exact) mass is 338 g/mol. The van der Waals surface area contributed by atoms with Crippen molar-refractivity contribution in [1.82, 2.24) is 21.1 Å². The van der Waals surface area contributed by atoms with Crippen molar-refractivity contribution in [1.29, 1.82) is 0 Å². The molecule has 1 fully saturated rings. The lowest BCUT2D eigenvalue weighted by atomic mass is 9.74. The Labute approximate surface area is 141 Å². The Morgan fingerprint density at radius 3 is 2.83 bits per heavy atom. The zero-order valence-electron chi connectivity index (χ0n) is 14.3. The quantitative estimate of drug-likeness (QED) is 0.694. The fourth-order valence-electron chi connectivity index (χ4n) is 2.97. The van der Waals surface area contributed by atoms with Crippen molar-refractivity contribution in [2.45, 2.75) is 39.2 Å². The largest absolute Gasteiger partial charge is 0.441 e. The predicted octanol–water partition coefficient (Wildman–Crippen LogP) is 1.43. The third kappa shape index (κ3) is 4.95. The zero-order valence-corrected chi connectivity index (χ0v) is 14.3. The van der Waals surface area contributed by atoms with Crippen LogP contribution >= 0.6 is 0 Å². The van der Waals surface area contributed by atoms with Crippen molar-refractivity contribution in [3.63, 3.8) is 0 Å². The molecular formula is C16H26N4O4. The highest BCUT2D eigenvalue weighted by Gasteiger charge is 2.29. The molecule has 0 radical (unpaired) electrons. The van der Waals surface area contributed by atoms with Crippen molar-refractivity contribution in [2.75, 3.05) is 26.7 Å². The van der Waals surface area contributed by atoms with Gasteiger partial charge >= 0.3 is 6.09 Å². The molecule has 0 atom stereocenters. The molecule has 2 heterocycles. The standard InChI is InChI=1S/C16H26N4O4/c1-3-16(4-7-18-8-5-16)6-9-19-15(22)23-11-12-10-13(20-24-12)14(21)17-2/h10,18H,3-9,11H2,1-2H3,(H,17,21)(H,19,22). The molecule has 0 bridgehead atoms. The minimum atomic E-state index is -0.493. The summed E-state index contributed by atoms with van der Waals surface area (Å²) in [4.78, 5) is 23.1. The molecule has 0 saturated carbocycles. The van der Waals surface area contributed by atoms with E-state index in [1.54, 1.807) is 0 Å². The number of carbonyl (C=O) groups excluding carboxylic acids is 2. The van der Waals surface area contributed by atoms with Gasteiger partial charge in [0.1, 0.15) is 0 Å². The van der Waals surface area contributed by atoms with Crippen LogP contribution in [0.5, 0.6) is 0 Å². The molecule has 0 unspecified atom stereocenters. The summed E-state index contributed by atoms with van der Waals surface area (Å²) < 4.78 is 10.0. The first-order chi connectivity index (χ1) is 11.6. The topological polar surface area (TPSA) is 105 Å². The molecule has 2 rings (SSSR count). The Bertz CT molecular complexity index is 552. The minimum absolute atomic E-state index is 0.0569. The maximum atomic E-state index is 11.8. The normalized spacial score (nSPS) is 16.4. The number of rotatable bonds is 7. The van der Waals surface area contributed by atoms with E-state index in [4.69, 9.17) is 9.26 Å². The van der Waals surface area contributed by atoms with Gasteiger partial charge in [-0.05, 0) is 37.8 Å². The average Bonchev–Trinajstić information content (AvgIpc) is 3.09. The van der Waals surface area contributed by atoms with Crippen LogP contribution in [0.2, 0.25) is 0 Å². The van der Waals surface area contributed by atoms with E-state index in [9.17, 15) is 9.59 Å². The van der Waals surface area contributed by atoms with Crippen LogP contribution in [0.4, 0.5) is 4.79 Å². The Morgan fingerprint density at radius 1 is 1.42 bits per heavy atom. The summed E-state index contributed by atoms with van der Waals surface area (Å²) >= 11 is 0. The first-order valence-electron chi connectivity index (χ1n) is 8.37. The van der Waals surface area contributed by atoms with Crippen LogP contribution in [-0.2, 0) is 11.3 Å². The van der Waals surface area contributed by atoms with Crippen LogP contribution in [0.3, 0.4) is 0 Å². The van der Waals surface area contributed by atoms with E-state index in [0.29, 0.717) is 17.7 Å². The highest BCUT2D eigenvalue weighted by atomic mass is 16.6. The van der Waals surface area contributed by atoms with E-state index >= 15 is 0 Å². The van der Waals surface area contributed by atoms with Gasteiger partial charge in [0.05, 0.1) is 0 Å². The summed E-state index contributed by atoms with van der Waals surface area (Å²) in [5.41, 5.74) is 0.471. The van der Waals surface area contributed by atoms with E-state index in [-0.39, 0.29) is 18.2 Å². The third-order valence-electron chi connectivity index (χ3n) is 4.70. The molecule has 3 N–H and O–H groups in total. The number of aromatic nitrogens is 1. The summed E-state index contributed by atoms with van der Waals surface area (Å²) in [7, 11) is 1.51. The number of carbonyl (C=O) groups is 2. The summed E-state index contributed by atoms with van der Waals surface area (Å²) in [6.07, 6.45) is 3.85. The summed E-state index contributed by atoms with van der Waals surface area (Å²) in [6.45, 7) is 4.82. The second-order valence-corrected chi connectivity index (χ2v) is 6.11. The summed E-state index contributed by atoms with van der Waals surface area (Å²) in [5.74, 6) is -0.0200. The molecule has 1 aliphatic heterocycles. The van der Waals surface area contributed by atoms with Gasteiger partial charge in [0.2, 0.25) is 0 Å². The van der Waals surface area contributed by atoms with Crippen LogP contribution in [0.25, 0.3) is 0 Å². The molecule has 8 heteroatoms. The van der Waals surface area contributed by atoms with Gasteiger partial charge in [-0.3, -0.25) is 4.79 Å². The van der Waals surface area contributed by atoms with Crippen molar-refractivity contribution in [3.8, 4) is 0 Å². The average molecular weight is 338 g/mol. The molecule has 2 amide bonds. The molecule has 24 heavy (non-hydrogen) atoms. The highest BCUT2D eigenvalue weighted by molar-refractivity contribution is 5.91. The second kappa shape index (κ2) is 8.68. The number of amides is 2. The van der Waals surface area contributed by atoms with Gasteiger partial charge in [-0.2, -0.15) is 0 Å². The fraction of sp³-hybridized carbons (Fsp3) is 0.688. The summed E-state index contributed by atoms with van der Waals surface area (Å²) in [5, 5.41) is 12.2. The third-order valence-corrected chi connectivity index (χ3v) is 4.70. The molecule has 1 aromatic rings. The first-order valence-corrected chi connectivity index (χ1v) is 8.37. The number of hydrogen-bond donors (Lipinski definition) is 3. The number of nitrogens with zero attached hydrogens (tertiary/aromatic N) is 1. The number of nitrogens with one attached hydrogen (secondary N) is 3. The maximum Gasteiger partial charge on any atom is 0.407 e. The Balaban J connectivity index is 1.69. The van der Waals surface area contributed by atoms with Crippen LogP contribution in [0.15, 0.2) is 10.6 Å². The molecule has 1 aromatic heterocycles. The van der Waals surface area contributed by atoms with E-state index in [0.717, 1.165) is 38.8 Å².